The quantitative estimate of drug-likeness (QED) is 0.0709. The minimum absolute atomic E-state index is 0.0111. The van der Waals surface area contributed by atoms with Crippen LogP contribution >= 0.6 is 0 Å². The predicted molar refractivity (Wildman–Crippen MR) is 255 cm³/mol. The van der Waals surface area contributed by atoms with Crippen molar-refractivity contribution in [1.29, 1.82) is 0 Å². The highest BCUT2D eigenvalue weighted by Gasteiger charge is 2.52. The highest BCUT2D eigenvalue weighted by Crippen LogP contribution is 2.45. The van der Waals surface area contributed by atoms with Gasteiger partial charge in [0.15, 0.2) is 25.0 Å². The van der Waals surface area contributed by atoms with E-state index >= 15 is 0 Å². The second kappa shape index (κ2) is 19.5. The first-order chi connectivity index (χ1) is 27.2. The topological polar surface area (TPSA) is 130 Å². The fraction of sp³-hybridized carbons (Fsp3) is 0.778. The Kier molecular flexibility index (Phi) is 16.9. The number of nitrogens with one attached hydrogen (secondary N) is 1. The number of anilines is 1. The molecule has 1 fully saturated rings. The van der Waals surface area contributed by atoms with Crippen molar-refractivity contribution in [2.75, 3.05) is 31.6 Å². The number of hydrogen-bond acceptors (Lipinski definition) is 10. The number of rotatable bonds is 17. The normalized spacial score (nSPS) is 20.3. The molecule has 60 heavy (non-hydrogen) atoms. The lowest BCUT2D eigenvalue weighted by atomic mass is 9.88. The number of nitro groups is 1. The van der Waals surface area contributed by atoms with Crippen LogP contribution in [-0.4, -0.2) is 101 Å². The molecule has 4 atom stereocenters. The van der Waals surface area contributed by atoms with Gasteiger partial charge in [-0.2, -0.15) is 0 Å². The number of aromatic nitrogens is 2. The standard InChI is InChI=1S/C45H83N5O7Si3/c1-33-29-48(38(31-54-58(14,15)43(5,6)7)40(57-60(18,19)45(11,12)13)39(33)56-59(16,17)44(8,9)10)27-23-21-20-22-26-46-35-25-24-34(28-37(35)50(52)53)36-30-49(32-47-36)41(51)55-42(2,3)4/h24-25,28,30,32-33,38-40,46H,20-23,26-27,29,31H2,1-19H3/t33-,38+,39+,40+/m0/s1. The van der Waals surface area contributed by atoms with Crippen molar-refractivity contribution in [1.82, 2.24) is 14.5 Å². The lowest BCUT2D eigenvalue weighted by molar-refractivity contribution is -0.383. The van der Waals surface area contributed by atoms with Crippen LogP contribution < -0.4 is 5.32 Å². The van der Waals surface area contributed by atoms with Gasteiger partial charge in [-0.05, 0) is 107 Å². The fourth-order valence-electron chi connectivity index (χ4n) is 6.58. The third-order valence-electron chi connectivity index (χ3n) is 13.5. The Bertz CT molecular complexity index is 1740. The Morgan fingerprint density at radius 1 is 0.833 bits per heavy atom. The Morgan fingerprint density at radius 2 is 1.38 bits per heavy atom. The summed E-state index contributed by atoms with van der Waals surface area (Å²) < 4.78 is 28.6. The van der Waals surface area contributed by atoms with Crippen LogP contribution in [0, 0.1) is 16.0 Å². The molecule has 2 aromatic rings. The third-order valence-corrected chi connectivity index (χ3v) is 27.0. The highest BCUT2D eigenvalue weighted by atomic mass is 28.4. The van der Waals surface area contributed by atoms with Gasteiger partial charge in [-0.1, -0.05) is 88.1 Å². The summed E-state index contributed by atoms with van der Waals surface area (Å²) in [5, 5.41) is 15.7. The molecule has 0 radical (unpaired) electrons. The number of nitro benzene ring substituents is 1. The summed E-state index contributed by atoms with van der Waals surface area (Å²) in [6.45, 7) is 45.9. The summed E-state index contributed by atoms with van der Waals surface area (Å²) in [5.41, 5.74) is 0.768. The summed E-state index contributed by atoms with van der Waals surface area (Å²) in [6, 6.07) is 5.08. The average Bonchev–Trinajstić information content (AvgIpc) is 3.57. The van der Waals surface area contributed by atoms with Crippen LogP contribution in [0.2, 0.25) is 54.4 Å². The second-order valence-corrected chi connectivity index (χ2v) is 37.1. The van der Waals surface area contributed by atoms with E-state index in [1.54, 1.807) is 32.9 Å². The molecule has 0 bridgehead atoms. The number of imidazole rings is 1. The third kappa shape index (κ3) is 13.8. The van der Waals surface area contributed by atoms with Gasteiger partial charge >= 0.3 is 6.09 Å². The molecular formula is C45H83N5O7Si3. The molecule has 1 aromatic carbocycles. The molecule has 0 spiro atoms. The Hall–Kier alpha value is -2.41. The number of hydrogen-bond donors (Lipinski definition) is 1. The first-order valence-corrected chi connectivity index (χ1v) is 30.9. The van der Waals surface area contributed by atoms with E-state index in [9.17, 15) is 14.9 Å². The zero-order chi connectivity index (χ0) is 45.9. The summed E-state index contributed by atoms with van der Waals surface area (Å²) >= 11 is 0. The molecule has 0 unspecified atom stereocenters. The molecule has 15 heteroatoms. The van der Waals surface area contributed by atoms with Crippen LogP contribution in [0.4, 0.5) is 16.2 Å². The summed E-state index contributed by atoms with van der Waals surface area (Å²) in [5.74, 6) is 0.296. The van der Waals surface area contributed by atoms with Crippen LogP contribution in [0.5, 0.6) is 0 Å². The SMILES string of the molecule is C[C@H]1CN(CCCCCCNc2ccc(-c3cn(C(=O)OC(C)(C)C)cn3)cc2[N+](=O)[O-])[C@H](CO[Si](C)(C)C(C)(C)C)[C@@H](O[Si](C)(C)C(C)(C)C)[C@@H]1O[Si](C)(C)C(C)(C)C. The van der Waals surface area contributed by atoms with E-state index in [1.165, 1.54) is 23.2 Å². The molecule has 3 rings (SSSR count). The van der Waals surface area contributed by atoms with Crippen LogP contribution in [0.25, 0.3) is 11.3 Å². The summed E-state index contributed by atoms with van der Waals surface area (Å²) in [4.78, 5) is 31.2. The number of likely N-dealkylation sites (tertiary alicyclic amines) is 1. The van der Waals surface area contributed by atoms with Crippen molar-refractivity contribution in [3.8, 4) is 11.3 Å². The zero-order valence-electron chi connectivity index (χ0n) is 41.0. The highest BCUT2D eigenvalue weighted by molar-refractivity contribution is 6.75. The molecule has 342 valence electrons. The predicted octanol–water partition coefficient (Wildman–Crippen LogP) is 12.3. The van der Waals surface area contributed by atoms with Crippen LogP contribution in [0.3, 0.4) is 0 Å². The minimum atomic E-state index is -2.20. The molecule has 2 heterocycles. The largest absolute Gasteiger partial charge is 0.443 e. The van der Waals surface area contributed by atoms with Crippen molar-refractivity contribution in [3.05, 3.63) is 40.8 Å². The van der Waals surface area contributed by atoms with Crippen molar-refractivity contribution < 1.29 is 27.7 Å². The van der Waals surface area contributed by atoms with Crippen LogP contribution in [0.1, 0.15) is 116 Å². The molecule has 1 saturated heterocycles. The number of piperidine rings is 1. The minimum Gasteiger partial charge on any atom is -0.443 e. The van der Waals surface area contributed by atoms with E-state index in [-0.39, 0.29) is 44.0 Å². The van der Waals surface area contributed by atoms with E-state index in [2.05, 4.69) is 124 Å². The fourth-order valence-corrected chi connectivity index (χ4v) is 10.3. The second-order valence-electron chi connectivity index (χ2n) is 22.8. The number of nitrogens with zero attached hydrogens (tertiary/aromatic N) is 4. The molecule has 1 aliphatic heterocycles. The number of unbranched alkanes of at least 4 members (excludes halogenated alkanes) is 3. The Balaban J connectivity index is 1.74. The van der Waals surface area contributed by atoms with Gasteiger partial charge < -0.3 is 23.3 Å². The Labute approximate surface area is 366 Å². The number of ether oxygens (including phenoxy) is 1. The van der Waals surface area contributed by atoms with Crippen LogP contribution in [-0.2, 0) is 18.0 Å². The molecular weight excluding hydrogens is 807 g/mol. The first kappa shape index (κ1) is 51.9. The van der Waals surface area contributed by atoms with E-state index in [0.29, 0.717) is 36.0 Å². The molecule has 12 nitrogen and oxygen atoms in total. The van der Waals surface area contributed by atoms with Crippen molar-refractivity contribution in [2.24, 2.45) is 5.92 Å². The van der Waals surface area contributed by atoms with Gasteiger partial charge in [-0.15, -0.1) is 0 Å². The maximum absolute atomic E-state index is 12.5. The van der Waals surface area contributed by atoms with Gasteiger partial charge in [-0.25, -0.2) is 14.3 Å². The van der Waals surface area contributed by atoms with Crippen molar-refractivity contribution >= 4 is 42.4 Å². The zero-order valence-corrected chi connectivity index (χ0v) is 44.0. The molecule has 1 N–H and O–H groups in total. The lowest BCUT2D eigenvalue weighted by Gasteiger charge is -2.54. The number of benzene rings is 1. The lowest BCUT2D eigenvalue weighted by Crippen LogP contribution is -2.66. The smallest absolute Gasteiger partial charge is 0.419 e. The van der Waals surface area contributed by atoms with Gasteiger partial charge in [0.25, 0.3) is 5.69 Å². The van der Waals surface area contributed by atoms with Crippen molar-refractivity contribution in [3.63, 3.8) is 0 Å². The van der Waals surface area contributed by atoms with Gasteiger partial charge in [-0.3, -0.25) is 15.0 Å². The monoisotopic (exact) mass is 890 g/mol. The maximum Gasteiger partial charge on any atom is 0.419 e. The van der Waals surface area contributed by atoms with Gasteiger partial charge in [0.2, 0.25) is 0 Å². The van der Waals surface area contributed by atoms with Crippen LogP contribution in [0.15, 0.2) is 30.7 Å². The summed E-state index contributed by atoms with van der Waals surface area (Å²) in [6.07, 6.45) is 6.18. The van der Waals surface area contributed by atoms with E-state index in [0.717, 1.165) is 38.8 Å². The van der Waals surface area contributed by atoms with Gasteiger partial charge in [0.1, 0.15) is 17.6 Å². The Morgan fingerprint density at radius 3 is 1.92 bits per heavy atom. The van der Waals surface area contributed by atoms with E-state index in [4.69, 9.17) is 18.0 Å². The van der Waals surface area contributed by atoms with E-state index in [1.807, 2.05) is 0 Å². The number of carbonyl (C=O) groups is 1. The molecule has 0 amide bonds. The average molecular weight is 890 g/mol. The van der Waals surface area contributed by atoms with Gasteiger partial charge in [0, 0.05) is 30.9 Å². The molecule has 0 saturated carbocycles. The first-order valence-electron chi connectivity index (χ1n) is 22.2. The maximum atomic E-state index is 12.5. The van der Waals surface area contributed by atoms with Gasteiger partial charge in [0.05, 0.1) is 35.5 Å². The molecule has 0 aliphatic carbocycles. The number of carbonyl (C=O) groups excluding carboxylic acids is 1. The molecule has 1 aromatic heterocycles. The van der Waals surface area contributed by atoms with E-state index < -0.39 is 36.6 Å². The molecule has 1 aliphatic rings. The van der Waals surface area contributed by atoms with Crippen molar-refractivity contribution in [2.45, 2.75) is 194 Å². The summed E-state index contributed by atoms with van der Waals surface area (Å²) in [7, 11) is -6.38.